The van der Waals surface area contributed by atoms with E-state index >= 15 is 0 Å². The lowest BCUT2D eigenvalue weighted by atomic mass is 9.71. The quantitative estimate of drug-likeness (QED) is 0.734. The third kappa shape index (κ3) is 5.18. The van der Waals surface area contributed by atoms with Gasteiger partial charge in [-0.05, 0) is 30.4 Å². The monoisotopic (exact) mass is 327 g/mol. The Morgan fingerprint density at radius 1 is 1.30 bits per heavy atom. The van der Waals surface area contributed by atoms with Gasteiger partial charge in [-0.1, -0.05) is 27.4 Å². The van der Waals surface area contributed by atoms with Gasteiger partial charge in [-0.2, -0.15) is 0 Å². The van der Waals surface area contributed by atoms with Crippen LogP contribution in [0.3, 0.4) is 0 Å². The Morgan fingerprint density at radius 3 is 2.48 bits per heavy atom. The zero-order valence-electron chi connectivity index (χ0n) is 14.8. The van der Waals surface area contributed by atoms with Crippen molar-refractivity contribution in [1.82, 2.24) is 4.90 Å². The van der Waals surface area contributed by atoms with E-state index in [9.17, 15) is 0 Å². The van der Waals surface area contributed by atoms with Crippen molar-refractivity contribution in [3.05, 3.63) is 12.8 Å². The third-order valence-corrected chi connectivity index (χ3v) is 5.26. The molecule has 0 aromatic rings. The number of nitrogens with zero attached hydrogens (tertiary/aromatic N) is 1. The Morgan fingerprint density at radius 2 is 1.96 bits per heavy atom. The molecule has 2 aliphatic rings. The third-order valence-electron chi connectivity index (χ3n) is 5.26. The lowest BCUT2D eigenvalue weighted by molar-refractivity contribution is -0.197. The van der Waals surface area contributed by atoms with Gasteiger partial charge in [0.15, 0.2) is 12.1 Å². The smallest absolute Gasteiger partial charge is 0.169 e. The highest BCUT2D eigenvalue weighted by Crippen LogP contribution is 2.45. The van der Waals surface area contributed by atoms with Crippen molar-refractivity contribution in [3.63, 3.8) is 0 Å². The molecule has 0 radical (unpaired) electrons. The van der Waals surface area contributed by atoms with E-state index in [2.05, 4.69) is 27.4 Å². The summed E-state index contributed by atoms with van der Waals surface area (Å²) in [6.07, 6.45) is 5.01. The average Bonchev–Trinajstić information content (AvgIpc) is 2.85. The number of aliphatic hydroxyl groups excluding tert-OH is 1. The maximum atomic E-state index is 8.99. The first kappa shape index (κ1) is 18.7. The fourth-order valence-corrected chi connectivity index (χ4v) is 3.69. The maximum absolute atomic E-state index is 8.99. The summed E-state index contributed by atoms with van der Waals surface area (Å²) in [7, 11) is 0. The molecule has 1 aliphatic heterocycles. The van der Waals surface area contributed by atoms with Crippen LogP contribution in [0.5, 0.6) is 0 Å². The number of hydrogen-bond acceptors (Lipinski definition) is 5. The summed E-state index contributed by atoms with van der Waals surface area (Å²) in [6, 6.07) is 0. The zero-order chi connectivity index (χ0) is 17.1. The van der Waals surface area contributed by atoms with E-state index in [1.165, 1.54) is 0 Å². The maximum Gasteiger partial charge on any atom is 0.169 e. The van der Waals surface area contributed by atoms with Gasteiger partial charge in [-0.3, -0.25) is 0 Å². The van der Waals surface area contributed by atoms with Gasteiger partial charge in [0.05, 0.1) is 6.61 Å². The van der Waals surface area contributed by atoms with E-state index in [1.807, 2.05) is 4.90 Å². The van der Waals surface area contributed by atoms with Gasteiger partial charge >= 0.3 is 0 Å². The van der Waals surface area contributed by atoms with Crippen molar-refractivity contribution in [2.45, 2.75) is 71.1 Å². The predicted molar refractivity (Wildman–Crippen MR) is 89.6 cm³/mol. The molecule has 1 atom stereocenters. The van der Waals surface area contributed by atoms with E-state index in [0.29, 0.717) is 31.5 Å². The Kier molecular flexibility index (Phi) is 6.11. The molecular formula is C18H33NO4. The number of hydrogen-bond donors (Lipinski definition) is 2. The SMILES string of the molecule is C=CN(CCC(O)O)CC1COC2(CCC(C(C)(C)C)CC2)O1. The van der Waals surface area contributed by atoms with Gasteiger partial charge < -0.3 is 24.6 Å². The van der Waals surface area contributed by atoms with Gasteiger partial charge in [0, 0.05) is 32.4 Å². The molecule has 1 saturated heterocycles. The first-order valence-corrected chi connectivity index (χ1v) is 8.78. The molecule has 1 aliphatic carbocycles. The summed E-state index contributed by atoms with van der Waals surface area (Å²) in [5.74, 6) is 0.338. The second-order valence-corrected chi connectivity index (χ2v) is 8.05. The highest BCUT2D eigenvalue weighted by Gasteiger charge is 2.46. The van der Waals surface area contributed by atoms with Crippen molar-refractivity contribution >= 4 is 0 Å². The molecule has 0 aromatic carbocycles. The summed E-state index contributed by atoms with van der Waals surface area (Å²) in [5.41, 5.74) is 0.352. The Labute approximate surface area is 140 Å². The van der Waals surface area contributed by atoms with Crippen molar-refractivity contribution in [1.29, 1.82) is 0 Å². The van der Waals surface area contributed by atoms with Crippen molar-refractivity contribution in [2.75, 3.05) is 19.7 Å². The number of ether oxygens (including phenoxy) is 2. The molecule has 1 heterocycles. The molecule has 0 bridgehead atoms. The molecule has 1 unspecified atom stereocenters. The Bertz CT molecular complexity index is 383. The lowest BCUT2D eigenvalue weighted by Gasteiger charge is -2.41. The van der Waals surface area contributed by atoms with Gasteiger partial charge in [0.25, 0.3) is 0 Å². The minimum atomic E-state index is -1.28. The topological polar surface area (TPSA) is 62.2 Å². The molecule has 1 spiro atoms. The predicted octanol–water partition coefficient (Wildman–Crippen LogP) is 2.48. The minimum Gasteiger partial charge on any atom is -0.375 e. The highest BCUT2D eigenvalue weighted by molar-refractivity contribution is 4.90. The normalized spacial score (nSPS) is 31.7. The van der Waals surface area contributed by atoms with Crippen LogP contribution >= 0.6 is 0 Å². The van der Waals surface area contributed by atoms with Crippen LogP contribution in [0.1, 0.15) is 52.9 Å². The van der Waals surface area contributed by atoms with Crippen LogP contribution < -0.4 is 0 Å². The van der Waals surface area contributed by atoms with Gasteiger partial charge in [0.2, 0.25) is 0 Å². The van der Waals surface area contributed by atoms with Crippen molar-refractivity contribution in [3.8, 4) is 0 Å². The van der Waals surface area contributed by atoms with Crippen LogP contribution in [-0.4, -0.2) is 53.0 Å². The number of aliphatic hydroxyl groups is 2. The van der Waals surface area contributed by atoms with Gasteiger partial charge in [0.1, 0.15) is 6.10 Å². The summed E-state index contributed by atoms with van der Waals surface area (Å²) < 4.78 is 12.3. The fourth-order valence-electron chi connectivity index (χ4n) is 3.69. The second kappa shape index (κ2) is 7.51. The van der Waals surface area contributed by atoms with Gasteiger partial charge in [-0.25, -0.2) is 0 Å². The highest BCUT2D eigenvalue weighted by atomic mass is 16.7. The molecule has 23 heavy (non-hydrogen) atoms. The van der Waals surface area contributed by atoms with E-state index in [-0.39, 0.29) is 6.10 Å². The van der Waals surface area contributed by atoms with Crippen molar-refractivity contribution in [2.24, 2.45) is 11.3 Å². The molecule has 2 fully saturated rings. The second-order valence-electron chi connectivity index (χ2n) is 8.05. The van der Waals surface area contributed by atoms with Crippen LogP contribution in [0, 0.1) is 11.3 Å². The van der Waals surface area contributed by atoms with Crippen LogP contribution in [0.2, 0.25) is 0 Å². The first-order chi connectivity index (χ1) is 10.7. The van der Waals surface area contributed by atoms with E-state index < -0.39 is 12.1 Å². The lowest BCUT2D eigenvalue weighted by Crippen LogP contribution is -2.40. The molecule has 1 saturated carbocycles. The van der Waals surface area contributed by atoms with Gasteiger partial charge in [-0.15, -0.1) is 0 Å². The molecule has 2 rings (SSSR count). The Balaban J connectivity index is 1.81. The Hall–Kier alpha value is -0.620. The van der Waals surface area contributed by atoms with Crippen LogP contribution in [-0.2, 0) is 9.47 Å². The summed E-state index contributed by atoms with van der Waals surface area (Å²) in [5, 5.41) is 18.0. The fraction of sp³-hybridized carbons (Fsp3) is 0.889. The standard InChI is InChI=1S/C18H33NO4/c1-5-19(11-8-16(20)21)12-15-13-22-18(23-15)9-6-14(7-10-18)17(2,3)4/h5,14-16,20-21H,1,6-13H2,2-4H3. The van der Waals surface area contributed by atoms with E-state index in [0.717, 1.165) is 31.6 Å². The van der Waals surface area contributed by atoms with E-state index in [4.69, 9.17) is 19.7 Å². The largest absolute Gasteiger partial charge is 0.375 e. The number of rotatable bonds is 6. The minimum absolute atomic E-state index is 0.0232. The first-order valence-electron chi connectivity index (χ1n) is 8.78. The van der Waals surface area contributed by atoms with Crippen LogP contribution in [0.25, 0.3) is 0 Å². The summed E-state index contributed by atoms with van der Waals surface area (Å²) in [6.45, 7) is 12.6. The molecule has 134 valence electrons. The molecule has 0 aromatic heterocycles. The molecular weight excluding hydrogens is 294 g/mol. The van der Waals surface area contributed by atoms with Crippen LogP contribution in [0.15, 0.2) is 12.8 Å². The van der Waals surface area contributed by atoms with E-state index in [1.54, 1.807) is 6.20 Å². The summed E-state index contributed by atoms with van der Waals surface area (Å²) in [4.78, 5) is 1.97. The molecule has 5 nitrogen and oxygen atoms in total. The van der Waals surface area contributed by atoms with Crippen molar-refractivity contribution < 1.29 is 19.7 Å². The summed E-state index contributed by atoms with van der Waals surface area (Å²) >= 11 is 0. The average molecular weight is 327 g/mol. The molecule has 0 amide bonds. The van der Waals surface area contributed by atoms with Crippen LogP contribution in [0.4, 0.5) is 0 Å². The molecule has 5 heteroatoms. The molecule has 2 N–H and O–H groups in total. The zero-order valence-corrected chi connectivity index (χ0v) is 14.8.